The summed E-state index contributed by atoms with van der Waals surface area (Å²) in [5.74, 6) is 0. The second kappa shape index (κ2) is 16.5. The van der Waals surface area contributed by atoms with Crippen molar-refractivity contribution in [2.75, 3.05) is 19.8 Å². The van der Waals surface area contributed by atoms with Gasteiger partial charge in [-0.25, -0.2) is 0 Å². The molecule has 0 aromatic heterocycles. The van der Waals surface area contributed by atoms with Crippen molar-refractivity contribution in [1.82, 2.24) is 0 Å². The van der Waals surface area contributed by atoms with Crippen molar-refractivity contribution in [3.63, 3.8) is 0 Å². The molecule has 1 heterocycles. The van der Waals surface area contributed by atoms with E-state index in [1.807, 2.05) is 0 Å². The molecule has 3 N–H and O–H groups in total. The summed E-state index contributed by atoms with van der Waals surface area (Å²) in [5, 5.41) is 29.0. The van der Waals surface area contributed by atoms with Crippen LogP contribution in [0.25, 0.3) is 0 Å². The van der Waals surface area contributed by atoms with Gasteiger partial charge < -0.3 is 24.8 Å². The Morgan fingerprint density at radius 1 is 0.926 bits per heavy atom. The summed E-state index contributed by atoms with van der Waals surface area (Å²) < 4.78 is 10.6. The summed E-state index contributed by atoms with van der Waals surface area (Å²) in [5.41, 5.74) is 0. The molecule has 27 heavy (non-hydrogen) atoms. The molecule has 4 atom stereocenters. The molecule has 1 rings (SSSR count). The molecule has 160 valence electrons. The highest BCUT2D eigenvalue weighted by Gasteiger charge is 2.39. The normalized spacial score (nSPS) is 24.1. The summed E-state index contributed by atoms with van der Waals surface area (Å²) in [6, 6.07) is 0. The highest BCUT2D eigenvalue weighted by atomic mass is 16.5. The van der Waals surface area contributed by atoms with Gasteiger partial charge in [-0.3, -0.25) is 0 Å². The van der Waals surface area contributed by atoms with E-state index in [1.54, 1.807) is 0 Å². The van der Waals surface area contributed by atoms with Gasteiger partial charge in [-0.1, -0.05) is 64.0 Å². The molecule has 1 aliphatic rings. The van der Waals surface area contributed by atoms with E-state index in [2.05, 4.69) is 19.1 Å². The molecule has 0 aromatic rings. The largest absolute Gasteiger partial charge is 0.388 e. The Morgan fingerprint density at radius 3 is 2.11 bits per heavy atom. The van der Waals surface area contributed by atoms with Crippen molar-refractivity contribution >= 4 is 0 Å². The Hall–Kier alpha value is -0.460. The average Bonchev–Trinajstić information content (AvgIpc) is 3.00. The fourth-order valence-corrected chi connectivity index (χ4v) is 3.36. The second-order valence-electron chi connectivity index (χ2n) is 7.73. The molecule has 5 heteroatoms. The molecule has 0 spiro atoms. The molecular formula is C22H42O5. The van der Waals surface area contributed by atoms with Crippen LogP contribution in [-0.2, 0) is 9.47 Å². The van der Waals surface area contributed by atoms with Crippen LogP contribution < -0.4 is 0 Å². The zero-order chi connectivity index (χ0) is 19.7. The molecule has 1 aliphatic heterocycles. The highest BCUT2D eigenvalue weighted by molar-refractivity contribution is 4.87. The number of unbranched alkanes of at least 4 members (excludes halogenated alkanes) is 10. The SMILES string of the molecule is CCCCCCCC/C=C/CCCCCCOC[C@H](O)[C@@H]1OC[C@@H](O)[C@@H]1O. The predicted octanol–water partition coefficient (Wildman–Crippen LogP) is 3.74. The molecule has 0 bridgehead atoms. The Bertz CT molecular complexity index is 361. The minimum absolute atomic E-state index is 0.0658. The predicted molar refractivity (Wildman–Crippen MR) is 109 cm³/mol. The maximum absolute atomic E-state index is 9.92. The molecule has 0 amide bonds. The van der Waals surface area contributed by atoms with E-state index in [0.29, 0.717) is 6.61 Å². The summed E-state index contributed by atoms with van der Waals surface area (Å²) in [4.78, 5) is 0. The third kappa shape index (κ3) is 11.9. The van der Waals surface area contributed by atoms with Gasteiger partial charge >= 0.3 is 0 Å². The van der Waals surface area contributed by atoms with Gasteiger partial charge in [-0.15, -0.1) is 0 Å². The fourth-order valence-electron chi connectivity index (χ4n) is 3.36. The molecular weight excluding hydrogens is 344 g/mol. The topological polar surface area (TPSA) is 79.2 Å². The lowest BCUT2D eigenvalue weighted by molar-refractivity contribution is -0.0813. The van der Waals surface area contributed by atoms with Crippen molar-refractivity contribution < 1.29 is 24.8 Å². The fraction of sp³-hybridized carbons (Fsp3) is 0.909. The molecule has 0 radical (unpaired) electrons. The quantitative estimate of drug-likeness (QED) is 0.262. The second-order valence-corrected chi connectivity index (χ2v) is 7.73. The number of aliphatic hydroxyl groups is 3. The first-order chi connectivity index (χ1) is 13.2. The van der Waals surface area contributed by atoms with Gasteiger partial charge in [0.05, 0.1) is 13.2 Å². The van der Waals surface area contributed by atoms with Crippen LogP contribution in [0.3, 0.4) is 0 Å². The van der Waals surface area contributed by atoms with Crippen molar-refractivity contribution in [2.24, 2.45) is 0 Å². The van der Waals surface area contributed by atoms with Gasteiger partial charge in [0.15, 0.2) is 0 Å². The highest BCUT2D eigenvalue weighted by Crippen LogP contribution is 2.18. The molecule has 1 saturated heterocycles. The lowest BCUT2D eigenvalue weighted by Crippen LogP contribution is -2.40. The summed E-state index contributed by atoms with van der Waals surface area (Å²) in [6.07, 6.45) is 16.1. The molecule has 0 unspecified atom stereocenters. The number of allylic oxidation sites excluding steroid dienone is 2. The Morgan fingerprint density at radius 2 is 1.52 bits per heavy atom. The maximum Gasteiger partial charge on any atom is 0.114 e. The Balaban J connectivity index is 1.82. The van der Waals surface area contributed by atoms with Crippen LogP contribution in [0, 0.1) is 0 Å². The third-order valence-electron chi connectivity index (χ3n) is 5.16. The summed E-state index contributed by atoms with van der Waals surface area (Å²) in [7, 11) is 0. The lowest BCUT2D eigenvalue weighted by Gasteiger charge is -2.20. The number of ether oxygens (including phenoxy) is 2. The maximum atomic E-state index is 9.92. The molecule has 5 nitrogen and oxygen atoms in total. The smallest absolute Gasteiger partial charge is 0.114 e. The van der Waals surface area contributed by atoms with Crippen LogP contribution in [-0.4, -0.2) is 59.6 Å². The van der Waals surface area contributed by atoms with E-state index in [9.17, 15) is 15.3 Å². The van der Waals surface area contributed by atoms with Crippen LogP contribution in [0.1, 0.15) is 84.0 Å². The van der Waals surface area contributed by atoms with Crippen molar-refractivity contribution in [3.8, 4) is 0 Å². The monoisotopic (exact) mass is 386 g/mol. The van der Waals surface area contributed by atoms with Crippen molar-refractivity contribution in [2.45, 2.75) is 108 Å². The minimum Gasteiger partial charge on any atom is -0.388 e. The van der Waals surface area contributed by atoms with Crippen LogP contribution >= 0.6 is 0 Å². The number of aliphatic hydroxyl groups excluding tert-OH is 3. The van der Waals surface area contributed by atoms with E-state index < -0.39 is 24.4 Å². The first-order valence-electron chi connectivity index (χ1n) is 11.0. The van der Waals surface area contributed by atoms with Gasteiger partial charge in [0.2, 0.25) is 0 Å². The van der Waals surface area contributed by atoms with Crippen molar-refractivity contribution in [3.05, 3.63) is 12.2 Å². The summed E-state index contributed by atoms with van der Waals surface area (Å²) in [6.45, 7) is 3.06. The van der Waals surface area contributed by atoms with Crippen LogP contribution in [0.4, 0.5) is 0 Å². The van der Waals surface area contributed by atoms with E-state index >= 15 is 0 Å². The molecule has 1 fully saturated rings. The van der Waals surface area contributed by atoms with Crippen LogP contribution in [0.5, 0.6) is 0 Å². The Kier molecular flexibility index (Phi) is 15.0. The summed E-state index contributed by atoms with van der Waals surface area (Å²) >= 11 is 0. The van der Waals surface area contributed by atoms with Gasteiger partial charge in [-0.05, 0) is 32.1 Å². The van der Waals surface area contributed by atoms with Gasteiger partial charge in [0.25, 0.3) is 0 Å². The van der Waals surface area contributed by atoms with Crippen LogP contribution in [0.2, 0.25) is 0 Å². The van der Waals surface area contributed by atoms with E-state index in [4.69, 9.17) is 9.47 Å². The van der Waals surface area contributed by atoms with Gasteiger partial charge in [0.1, 0.15) is 24.4 Å². The lowest BCUT2D eigenvalue weighted by atomic mass is 10.1. The van der Waals surface area contributed by atoms with E-state index in [1.165, 1.54) is 57.8 Å². The zero-order valence-electron chi connectivity index (χ0n) is 17.2. The van der Waals surface area contributed by atoms with Gasteiger partial charge in [0, 0.05) is 6.61 Å². The Labute approximate surface area is 165 Å². The van der Waals surface area contributed by atoms with Crippen LogP contribution in [0.15, 0.2) is 12.2 Å². The molecule has 0 aliphatic carbocycles. The number of hydrogen-bond donors (Lipinski definition) is 3. The number of rotatable bonds is 17. The van der Waals surface area contributed by atoms with E-state index in [-0.39, 0.29) is 13.2 Å². The molecule has 0 saturated carbocycles. The zero-order valence-corrected chi connectivity index (χ0v) is 17.2. The standard InChI is InChI=1S/C22H42O5/c1-2-3-4-5-6-7-8-9-10-11-12-13-14-15-16-26-17-20(24)22-21(25)19(23)18-27-22/h9-10,19-25H,2-8,11-18H2,1H3/b10-9+/t19-,20+,21+,22+/m1/s1. The third-order valence-corrected chi connectivity index (χ3v) is 5.16. The molecule has 0 aromatic carbocycles. The van der Waals surface area contributed by atoms with Gasteiger partial charge in [-0.2, -0.15) is 0 Å². The van der Waals surface area contributed by atoms with E-state index in [0.717, 1.165) is 19.3 Å². The first-order valence-corrected chi connectivity index (χ1v) is 11.0. The minimum atomic E-state index is -1.03. The number of hydrogen-bond acceptors (Lipinski definition) is 5. The van der Waals surface area contributed by atoms with Crippen molar-refractivity contribution in [1.29, 1.82) is 0 Å². The average molecular weight is 387 g/mol. The first kappa shape index (κ1) is 24.6.